The summed E-state index contributed by atoms with van der Waals surface area (Å²) >= 11 is 0. The number of anilines is 3. The number of nitrogens with zero attached hydrogens (tertiary/aromatic N) is 1. The van der Waals surface area contributed by atoms with Crippen LogP contribution >= 0.6 is 0 Å². The number of carbonyl (C=O) groups excluding carboxylic acids is 3. The Morgan fingerprint density at radius 1 is 0.774 bits per heavy atom. The zero-order valence-electron chi connectivity index (χ0n) is 18.5. The normalized spacial score (nSPS) is 10.3. The Bertz CT molecular complexity index is 892. The molecule has 0 aliphatic heterocycles. The predicted molar refractivity (Wildman–Crippen MR) is 125 cm³/mol. The summed E-state index contributed by atoms with van der Waals surface area (Å²) in [5.74, 6) is -0.323. The number of hydrogen-bond acceptors (Lipinski definition) is 4. The van der Waals surface area contributed by atoms with Crippen LogP contribution in [0.1, 0.15) is 50.4 Å². The van der Waals surface area contributed by atoms with Crippen LogP contribution < -0.4 is 16.0 Å². The molecule has 0 aliphatic rings. The van der Waals surface area contributed by atoms with Gasteiger partial charge in [0.15, 0.2) is 0 Å². The molecule has 0 saturated carbocycles. The fourth-order valence-corrected chi connectivity index (χ4v) is 3.11. The van der Waals surface area contributed by atoms with Crippen molar-refractivity contribution in [2.75, 3.05) is 35.6 Å². The molecular weight excluding hydrogens is 392 g/mol. The smallest absolute Gasteiger partial charge is 0.253 e. The molecule has 166 valence electrons. The van der Waals surface area contributed by atoms with Gasteiger partial charge in [-0.05, 0) is 49.2 Å². The van der Waals surface area contributed by atoms with Crippen molar-refractivity contribution >= 4 is 34.8 Å². The maximum Gasteiger partial charge on any atom is 0.253 e. The van der Waals surface area contributed by atoms with Crippen LogP contribution in [0, 0.1) is 0 Å². The molecular formula is C24H32N4O3. The Kier molecular flexibility index (Phi) is 9.55. The summed E-state index contributed by atoms with van der Waals surface area (Å²) in [5, 5.41) is 8.66. The molecule has 2 aromatic carbocycles. The van der Waals surface area contributed by atoms with Gasteiger partial charge in [-0.2, -0.15) is 0 Å². The van der Waals surface area contributed by atoms with E-state index in [1.54, 1.807) is 49.4 Å². The topological polar surface area (TPSA) is 90.5 Å². The van der Waals surface area contributed by atoms with Crippen LogP contribution in [0.2, 0.25) is 0 Å². The van der Waals surface area contributed by atoms with E-state index in [0.29, 0.717) is 36.4 Å². The molecule has 0 fully saturated rings. The summed E-state index contributed by atoms with van der Waals surface area (Å²) < 4.78 is 0. The highest BCUT2D eigenvalue weighted by Gasteiger charge is 2.15. The number of carbonyl (C=O) groups is 3. The molecule has 3 amide bonds. The van der Waals surface area contributed by atoms with E-state index in [2.05, 4.69) is 16.0 Å². The van der Waals surface area contributed by atoms with Gasteiger partial charge in [0.2, 0.25) is 11.8 Å². The van der Waals surface area contributed by atoms with Crippen LogP contribution in [0.25, 0.3) is 0 Å². The summed E-state index contributed by atoms with van der Waals surface area (Å²) in [4.78, 5) is 38.5. The SMILES string of the molecule is CCCN(CCC)C(=O)c1cccc(NC(=O)CNc2cccc(NC(=O)CC)c2)c1. The van der Waals surface area contributed by atoms with Gasteiger partial charge in [-0.1, -0.05) is 32.9 Å². The molecule has 0 atom stereocenters. The second kappa shape index (κ2) is 12.4. The maximum atomic E-state index is 12.8. The molecule has 3 N–H and O–H groups in total. The first kappa shape index (κ1) is 23.9. The van der Waals surface area contributed by atoms with Crippen LogP contribution in [0.3, 0.4) is 0 Å². The van der Waals surface area contributed by atoms with Crippen molar-refractivity contribution in [3.8, 4) is 0 Å². The van der Waals surface area contributed by atoms with E-state index in [9.17, 15) is 14.4 Å². The summed E-state index contributed by atoms with van der Waals surface area (Å²) in [7, 11) is 0. The van der Waals surface area contributed by atoms with Gasteiger partial charge in [0.05, 0.1) is 6.54 Å². The standard InChI is InChI=1S/C24H32N4O3/c1-4-13-28(14-5-2)24(31)18-9-7-11-20(15-18)27-23(30)17-25-19-10-8-12-21(16-19)26-22(29)6-3/h7-12,15-16,25H,4-6,13-14,17H2,1-3H3,(H,26,29)(H,27,30). The van der Waals surface area contributed by atoms with Gasteiger partial charge in [0.1, 0.15) is 0 Å². The van der Waals surface area contributed by atoms with Crippen LogP contribution in [-0.4, -0.2) is 42.3 Å². The lowest BCUT2D eigenvalue weighted by atomic mass is 10.1. The van der Waals surface area contributed by atoms with Crippen molar-refractivity contribution in [3.63, 3.8) is 0 Å². The van der Waals surface area contributed by atoms with Crippen LogP contribution in [0.15, 0.2) is 48.5 Å². The van der Waals surface area contributed by atoms with Crippen molar-refractivity contribution < 1.29 is 14.4 Å². The Hall–Kier alpha value is -3.35. The molecule has 0 aromatic heterocycles. The van der Waals surface area contributed by atoms with Crippen LogP contribution in [0.4, 0.5) is 17.1 Å². The average molecular weight is 425 g/mol. The highest BCUT2D eigenvalue weighted by molar-refractivity contribution is 5.98. The van der Waals surface area contributed by atoms with E-state index < -0.39 is 0 Å². The number of amides is 3. The van der Waals surface area contributed by atoms with E-state index in [4.69, 9.17) is 0 Å². The molecule has 31 heavy (non-hydrogen) atoms. The largest absolute Gasteiger partial charge is 0.376 e. The van der Waals surface area contributed by atoms with Crippen molar-refractivity contribution in [1.29, 1.82) is 0 Å². The van der Waals surface area contributed by atoms with Gasteiger partial charge >= 0.3 is 0 Å². The number of benzene rings is 2. The Morgan fingerprint density at radius 3 is 2.00 bits per heavy atom. The van der Waals surface area contributed by atoms with E-state index in [-0.39, 0.29) is 24.3 Å². The minimum absolute atomic E-state index is 0.0242. The fraction of sp³-hybridized carbons (Fsp3) is 0.375. The van der Waals surface area contributed by atoms with Crippen molar-refractivity contribution in [2.45, 2.75) is 40.0 Å². The molecule has 0 unspecified atom stereocenters. The van der Waals surface area contributed by atoms with Gasteiger partial charge in [-0.25, -0.2) is 0 Å². The molecule has 0 aliphatic carbocycles. The Labute approximate surface area is 184 Å². The number of rotatable bonds is 11. The third-order valence-electron chi connectivity index (χ3n) is 4.59. The predicted octanol–water partition coefficient (Wildman–Crippen LogP) is 4.35. The quantitative estimate of drug-likeness (QED) is 0.500. The third kappa shape index (κ3) is 7.77. The molecule has 7 heteroatoms. The minimum atomic E-state index is -0.230. The monoisotopic (exact) mass is 424 g/mol. The van der Waals surface area contributed by atoms with Crippen molar-refractivity contribution in [2.24, 2.45) is 0 Å². The van der Waals surface area contributed by atoms with Gasteiger partial charge in [-0.15, -0.1) is 0 Å². The average Bonchev–Trinajstić information content (AvgIpc) is 2.77. The first-order valence-corrected chi connectivity index (χ1v) is 10.8. The summed E-state index contributed by atoms with van der Waals surface area (Å²) in [6, 6.07) is 14.2. The van der Waals surface area contributed by atoms with E-state index in [0.717, 1.165) is 18.5 Å². The molecule has 0 radical (unpaired) electrons. The van der Waals surface area contributed by atoms with E-state index in [1.807, 2.05) is 24.8 Å². The van der Waals surface area contributed by atoms with Gasteiger partial charge in [0, 0.05) is 42.1 Å². The Balaban J connectivity index is 1.95. The first-order valence-electron chi connectivity index (χ1n) is 10.8. The van der Waals surface area contributed by atoms with Crippen LogP contribution in [-0.2, 0) is 9.59 Å². The first-order chi connectivity index (χ1) is 15.0. The third-order valence-corrected chi connectivity index (χ3v) is 4.59. The molecule has 0 saturated heterocycles. The van der Waals surface area contributed by atoms with Crippen LogP contribution in [0.5, 0.6) is 0 Å². The lowest BCUT2D eigenvalue weighted by Gasteiger charge is -2.21. The number of nitrogens with one attached hydrogen (secondary N) is 3. The highest BCUT2D eigenvalue weighted by Crippen LogP contribution is 2.16. The second-order valence-corrected chi connectivity index (χ2v) is 7.26. The zero-order valence-corrected chi connectivity index (χ0v) is 18.5. The molecule has 2 aromatic rings. The van der Waals surface area contributed by atoms with Crippen molar-refractivity contribution in [3.05, 3.63) is 54.1 Å². The molecule has 0 heterocycles. The minimum Gasteiger partial charge on any atom is -0.376 e. The van der Waals surface area contributed by atoms with Gasteiger partial charge in [-0.3, -0.25) is 14.4 Å². The van der Waals surface area contributed by atoms with Gasteiger partial charge < -0.3 is 20.9 Å². The molecule has 0 bridgehead atoms. The fourth-order valence-electron chi connectivity index (χ4n) is 3.11. The lowest BCUT2D eigenvalue weighted by Crippen LogP contribution is -2.32. The molecule has 2 rings (SSSR count). The van der Waals surface area contributed by atoms with Crippen molar-refractivity contribution in [1.82, 2.24) is 4.90 Å². The summed E-state index contributed by atoms with van der Waals surface area (Å²) in [5.41, 5.74) is 2.54. The highest BCUT2D eigenvalue weighted by atomic mass is 16.2. The summed E-state index contributed by atoms with van der Waals surface area (Å²) in [6.07, 6.45) is 2.20. The molecule has 0 spiro atoms. The summed E-state index contributed by atoms with van der Waals surface area (Å²) in [6.45, 7) is 7.37. The molecule has 7 nitrogen and oxygen atoms in total. The van der Waals surface area contributed by atoms with E-state index in [1.165, 1.54) is 0 Å². The van der Waals surface area contributed by atoms with Gasteiger partial charge in [0.25, 0.3) is 5.91 Å². The Morgan fingerprint density at radius 2 is 1.35 bits per heavy atom. The maximum absolute atomic E-state index is 12.8. The van der Waals surface area contributed by atoms with E-state index >= 15 is 0 Å². The lowest BCUT2D eigenvalue weighted by molar-refractivity contribution is -0.116. The zero-order chi connectivity index (χ0) is 22.6. The second-order valence-electron chi connectivity index (χ2n) is 7.26. The number of hydrogen-bond donors (Lipinski definition) is 3.